The number of hydrogen-bond acceptors (Lipinski definition) is 1. The van der Waals surface area contributed by atoms with Crippen LogP contribution in [0.1, 0.15) is 24.3 Å². The summed E-state index contributed by atoms with van der Waals surface area (Å²) in [5.74, 6) is -0.333. The number of carbonyl (C=O) groups excluding carboxylic acids is 1. The normalized spacial score (nSPS) is 9.36. The number of H-pyrrole nitrogens is 1. The van der Waals surface area contributed by atoms with Crippen LogP contribution in [0.2, 0.25) is 0 Å². The first kappa shape index (κ1) is 10.4. The van der Waals surface area contributed by atoms with Crippen molar-refractivity contribution in [2.45, 2.75) is 13.8 Å². The Kier molecular flexibility index (Phi) is 3.40. The molecule has 0 bridgehead atoms. The minimum absolute atomic E-state index is 0.333. The Labute approximate surface area is 81.7 Å². The molecule has 0 fully saturated rings. The molecular formula is C11H12FNO. The number of halogens is 1. The monoisotopic (exact) mass is 193 g/mol. The molecule has 1 aromatic carbocycles. The van der Waals surface area contributed by atoms with Crippen molar-refractivity contribution >= 4 is 17.2 Å². The number of rotatable bonds is 1. The van der Waals surface area contributed by atoms with Crippen LogP contribution in [-0.2, 0) is 0 Å². The zero-order valence-electron chi connectivity index (χ0n) is 8.17. The van der Waals surface area contributed by atoms with Crippen LogP contribution in [0.3, 0.4) is 0 Å². The van der Waals surface area contributed by atoms with Crippen LogP contribution in [0.5, 0.6) is 0 Å². The van der Waals surface area contributed by atoms with Crippen molar-refractivity contribution in [2.75, 3.05) is 0 Å². The maximum atomic E-state index is 13.0. The number of fused-ring (bicyclic) bond motifs is 1. The second-order valence-corrected chi connectivity index (χ2v) is 2.55. The van der Waals surface area contributed by atoms with Crippen LogP contribution in [-0.4, -0.2) is 11.3 Å². The molecule has 2 aromatic rings. The van der Waals surface area contributed by atoms with E-state index in [4.69, 9.17) is 0 Å². The molecule has 1 N–H and O–H groups in total. The first-order valence-electron chi connectivity index (χ1n) is 4.53. The van der Waals surface area contributed by atoms with Crippen LogP contribution in [0.15, 0.2) is 24.3 Å². The van der Waals surface area contributed by atoms with E-state index in [1.165, 1.54) is 6.07 Å². The van der Waals surface area contributed by atoms with E-state index in [0.717, 1.165) is 5.39 Å². The summed E-state index contributed by atoms with van der Waals surface area (Å²) in [5.41, 5.74) is 0.787. The van der Waals surface area contributed by atoms with Crippen LogP contribution in [0.4, 0.5) is 4.39 Å². The van der Waals surface area contributed by atoms with Crippen LogP contribution in [0.25, 0.3) is 10.9 Å². The van der Waals surface area contributed by atoms with Gasteiger partial charge in [-0.1, -0.05) is 26.0 Å². The lowest BCUT2D eigenvalue weighted by molar-refractivity contribution is 0.112. The number of aromatic nitrogens is 1. The first-order chi connectivity index (χ1) is 6.81. The molecule has 0 saturated heterocycles. The maximum Gasteiger partial charge on any atom is 0.166 e. The summed E-state index contributed by atoms with van der Waals surface area (Å²) in [6.45, 7) is 4.00. The number of nitrogens with one attached hydrogen (secondary N) is 1. The molecule has 1 aromatic heterocycles. The van der Waals surface area contributed by atoms with Crippen molar-refractivity contribution < 1.29 is 9.18 Å². The topological polar surface area (TPSA) is 32.9 Å². The Morgan fingerprint density at radius 2 is 2.07 bits per heavy atom. The molecule has 0 aliphatic carbocycles. The van der Waals surface area contributed by atoms with Crippen molar-refractivity contribution in [2.24, 2.45) is 0 Å². The molecule has 0 saturated carbocycles. The lowest BCUT2D eigenvalue weighted by Gasteiger charge is -1.88. The van der Waals surface area contributed by atoms with Gasteiger partial charge in [0.2, 0.25) is 0 Å². The molecule has 2 nitrogen and oxygen atoms in total. The second-order valence-electron chi connectivity index (χ2n) is 2.55. The third-order valence-electron chi connectivity index (χ3n) is 1.75. The van der Waals surface area contributed by atoms with E-state index < -0.39 is 0 Å². The molecule has 0 amide bonds. The van der Waals surface area contributed by atoms with Gasteiger partial charge in [0.05, 0.1) is 11.2 Å². The lowest BCUT2D eigenvalue weighted by Crippen LogP contribution is -1.78. The van der Waals surface area contributed by atoms with Crippen molar-refractivity contribution in [3.8, 4) is 0 Å². The summed E-state index contributed by atoms with van der Waals surface area (Å²) in [7, 11) is 0. The van der Waals surface area contributed by atoms with Gasteiger partial charge in [0.15, 0.2) is 6.29 Å². The Morgan fingerprint density at radius 1 is 1.36 bits per heavy atom. The van der Waals surface area contributed by atoms with Crippen molar-refractivity contribution in [1.82, 2.24) is 4.98 Å². The van der Waals surface area contributed by atoms with Gasteiger partial charge in [-0.15, -0.1) is 0 Å². The Hall–Kier alpha value is -1.64. The number of hydrogen-bond donors (Lipinski definition) is 1. The molecule has 0 atom stereocenters. The van der Waals surface area contributed by atoms with E-state index in [0.29, 0.717) is 17.5 Å². The van der Waals surface area contributed by atoms with E-state index in [9.17, 15) is 9.18 Å². The zero-order valence-corrected chi connectivity index (χ0v) is 8.17. The Morgan fingerprint density at radius 3 is 2.64 bits per heavy atom. The highest BCUT2D eigenvalue weighted by molar-refractivity contribution is 5.88. The molecule has 0 aliphatic heterocycles. The van der Waals surface area contributed by atoms with Crippen LogP contribution < -0.4 is 0 Å². The number of para-hydroxylation sites is 1. The van der Waals surface area contributed by atoms with Gasteiger partial charge in [-0.3, -0.25) is 4.79 Å². The number of aromatic amines is 1. The molecule has 0 spiro atoms. The van der Waals surface area contributed by atoms with Gasteiger partial charge in [0, 0.05) is 5.39 Å². The van der Waals surface area contributed by atoms with E-state index in [-0.39, 0.29) is 5.82 Å². The predicted molar refractivity (Wildman–Crippen MR) is 55.0 cm³/mol. The van der Waals surface area contributed by atoms with Gasteiger partial charge in [0.1, 0.15) is 5.82 Å². The summed E-state index contributed by atoms with van der Waals surface area (Å²) in [6.07, 6.45) is 0.666. The summed E-state index contributed by atoms with van der Waals surface area (Å²) < 4.78 is 13.0. The lowest BCUT2D eigenvalue weighted by atomic mass is 10.2. The van der Waals surface area contributed by atoms with Crippen LogP contribution in [0, 0.1) is 5.82 Å². The quantitative estimate of drug-likeness (QED) is 0.693. The predicted octanol–water partition coefficient (Wildman–Crippen LogP) is 3.15. The summed E-state index contributed by atoms with van der Waals surface area (Å²) in [4.78, 5) is 13.0. The average molecular weight is 193 g/mol. The minimum atomic E-state index is -0.333. The molecule has 0 unspecified atom stereocenters. The molecule has 0 aliphatic rings. The molecular weight excluding hydrogens is 181 g/mol. The maximum absolute atomic E-state index is 13.0. The Bertz CT molecular complexity index is 434. The van der Waals surface area contributed by atoms with E-state index >= 15 is 0 Å². The molecule has 74 valence electrons. The van der Waals surface area contributed by atoms with Crippen LogP contribution >= 0.6 is 0 Å². The Balaban J connectivity index is 0.000000461. The van der Waals surface area contributed by atoms with Gasteiger partial charge in [-0.2, -0.15) is 0 Å². The van der Waals surface area contributed by atoms with Gasteiger partial charge >= 0.3 is 0 Å². The fraction of sp³-hybridized carbons (Fsp3) is 0.182. The van der Waals surface area contributed by atoms with E-state index in [1.54, 1.807) is 18.2 Å². The third-order valence-corrected chi connectivity index (χ3v) is 1.75. The molecule has 0 radical (unpaired) electrons. The summed E-state index contributed by atoms with van der Waals surface area (Å²) in [6, 6.07) is 6.33. The molecule has 2 rings (SSSR count). The average Bonchev–Trinajstić information content (AvgIpc) is 2.65. The van der Waals surface area contributed by atoms with Gasteiger partial charge in [-0.05, 0) is 12.1 Å². The standard InChI is InChI=1S/C9H6FNO.C2H6/c10-8-3-1-2-6-4-7(5-12)11-9(6)8;1-2/h1-5,11H;1-2H3. The smallest absolute Gasteiger partial charge is 0.166 e. The zero-order chi connectivity index (χ0) is 10.6. The van der Waals surface area contributed by atoms with Gasteiger partial charge in [0.25, 0.3) is 0 Å². The molecule has 3 heteroatoms. The van der Waals surface area contributed by atoms with Crippen molar-refractivity contribution in [3.63, 3.8) is 0 Å². The number of carbonyl (C=O) groups is 1. The van der Waals surface area contributed by atoms with Crippen molar-refractivity contribution in [3.05, 3.63) is 35.8 Å². The highest BCUT2D eigenvalue weighted by Crippen LogP contribution is 2.16. The summed E-state index contributed by atoms with van der Waals surface area (Å²) >= 11 is 0. The van der Waals surface area contributed by atoms with E-state index in [2.05, 4.69) is 4.98 Å². The van der Waals surface area contributed by atoms with Gasteiger partial charge in [-0.25, -0.2) is 4.39 Å². The summed E-state index contributed by atoms with van der Waals surface area (Å²) in [5, 5.41) is 0.720. The minimum Gasteiger partial charge on any atom is -0.350 e. The van der Waals surface area contributed by atoms with Gasteiger partial charge < -0.3 is 4.98 Å². The second kappa shape index (κ2) is 4.56. The number of benzene rings is 1. The highest BCUT2D eigenvalue weighted by Gasteiger charge is 2.02. The van der Waals surface area contributed by atoms with E-state index in [1.807, 2.05) is 13.8 Å². The molecule has 14 heavy (non-hydrogen) atoms. The fourth-order valence-electron chi connectivity index (χ4n) is 1.20. The highest BCUT2D eigenvalue weighted by atomic mass is 19.1. The third kappa shape index (κ3) is 1.82. The fourth-order valence-corrected chi connectivity index (χ4v) is 1.20. The van der Waals surface area contributed by atoms with Crippen molar-refractivity contribution in [1.29, 1.82) is 0 Å². The molecule has 1 heterocycles. The SMILES string of the molecule is CC.O=Cc1cc2cccc(F)c2[nH]1. The first-order valence-corrected chi connectivity index (χ1v) is 4.53. The largest absolute Gasteiger partial charge is 0.350 e. The number of aldehydes is 1.